The van der Waals surface area contributed by atoms with Crippen molar-refractivity contribution in [3.63, 3.8) is 0 Å². The Kier molecular flexibility index (Phi) is 24.3. The molecule has 0 rings (SSSR count). The minimum Gasteiger partial charge on any atom is -0.502 e. The highest BCUT2D eigenvalue weighted by Crippen LogP contribution is 2.25. The quantitative estimate of drug-likeness (QED) is 0.149. The van der Waals surface area contributed by atoms with E-state index in [-0.39, 0.29) is 0 Å². The van der Waals surface area contributed by atoms with Crippen LogP contribution in [0, 0.1) is 0 Å². The Morgan fingerprint density at radius 1 is 0.692 bits per heavy atom. The van der Waals surface area contributed by atoms with Crippen LogP contribution in [-0.4, -0.2) is 21.3 Å². The summed E-state index contributed by atoms with van der Waals surface area (Å²) >= 11 is 0. The van der Waals surface area contributed by atoms with Crippen molar-refractivity contribution >= 4 is 7.82 Å². The molecule has 3 N–H and O–H groups in total. The van der Waals surface area contributed by atoms with Gasteiger partial charge in [-0.25, -0.2) is 4.57 Å². The summed E-state index contributed by atoms with van der Waals surface area (Å²) in [6.45, 7) is 5.17. The van der Waals surface area contributed by atoms with E-state index in [0.717, 1.165) is 6.61 Å². The number of rotatable bonds is 17. The first-order valence-electron chi connectivity index (χ1n) is 10.4. The van der Waals surface area contributed by atoms with Crippen LogP contribution in [-0.2, 0) is 9.30 Å². The Hall–Kier alpha value is -0.350. The fourth-order valence-electron chi connectivity index (χ4n) is 2.72. The van der Waals surface area contributed by atoms with Gasteiger partial charge in [-0.2, -0.15) is 0 Å². The topological polar surface area (TPSA) is 87.0 Å². The van der Waals surface area contributed by atoms with E-state index >= 15 is 0 Å². The molecule has 0 aliphatic rings. The highest BCUT2D eigenvalue weighted by molar-refractivity contribution is 7.45. The number of phosphoric acid groups is 1. The molecule has 0 aliphatic carbocycles. The van der Waals surface area contributed by atoms with Crippen LogP contribution >= 0.6 is 7.82 Å². The zero-order valence-corrected chi connectivity index (χ0v) is 18.0. The summed E-state index contributed by atoms with van der Waals surface area (Å²) in [4.78, 5) is 21.6. The smallest absolute Gasteiger partial charge is 0.466 e. The van der Waals surface area contributed by atoms with Crippen LogP contribution in [0.1, 0.15) is 110 Å². The molecule has 0 amide bonds. The molecular weight excluding hydrogens is 351 g/mol. The third kappa shape index (κ3) is 38.9. The van der Waals surface area contributed by atoms with Crippen molar-refractivity contribution in [1.29, 1.82) is 0 Å². The van der Waals surface area contributed by atoms with Crippen molar-refractivity contribution in [3.05, 3.63) is 12.3 Å². The summed E-state index contributed by atoms with van der Waals surface area (Å²) in [5.74, 6) is 0. The molecule has 0 atom stereocenters. The van der Waals surface area contributed by atoms with E-state index in [4.69, 9.17) is 24.0 Å². The average Bonchev–Trinajstić information content (AvgIpc) is 2.56. The maximum atomic E-state index is 8.88. The zero-order chi connectivity index (χ0) is 19.9. The normalized spacial score (nSPS) is 11.4. The fourth-order valence-corrected chi connectivity index (χ4v) is 2.72. The summed E-state index contributed by atoms with van der Waals surface area (Å²) in [6.07, 6.45) is 25.0. The number of allylic oxidation sites excluding steroid dienone is 1. The molecular formula is C20H43O5P. The third-order valence-corrected chi connectivity index (χ3v) is 4.10. The minimum absolute atomic E-state index is 0.891. The summed E-state index contributed by atoms with van der Waals surface area (Å²) in [6, 6.07) is 0. The van der Waals surface area contributed by atoms with E-state index in [1.165, 1.54) is 96.3 Å². The highest BCUT2D eigenvalue weighted by atomic mass is 31.2. The Labute approximate surface area is 161 Å². The molecule has 0 unspecified atom stereocenters. The lowest BCUT2D eigenvalue weighted by Gasteiger charge is -2.03. The SMILES string of the molecule is CC=COCCCCCCCCCCCCCCCCC.O=P(O)(O)O. The molecule has 6 heteroatoms. The van der Waals surface area contributed by atoms with E-state index in [2.05, 4.69) is 6.92 Å². The van der Waals surface area contributed by atoms with Crippen LogP contribution in [0.4, 0.5) is 0 Å². The summed E-state index contributed by atoms with van der Waals surface area (Å²) in [7, 11) is -4.64. The molecule has 0 heterocycles. The van der Waals surface area contributed by atoms with E-state index in [9.17, 15) is 0 Å². The largest absolute Gasteiger partial charge is 0.502 e. The van der Waals surface area contributed by atoms with Gasteiger partial charge in [0.2, 0.25) is 0 Å². The zero-order valence-electron chi connectivity index (χ0n) is 17.1. The maximum Gasteiger partial charge on any atom is 0.466 e. The van der Waals surface area contributed by atoms with Crippen molar-refractivity contribution in [2.24, 2.45) is 0 Å². The predicted molar refractivity (Wildman–Crippen MR) is 110 cm³/mol. The monoisotopic (exact) mass is 394 g/mol. The highest BCUT2D eigenvalue weighted by Gasteiger charge is 2.00. The van der Waals surface area contributed by atoms with E-state index in [0.29, 0.717) is 0 Å². The lowest BCUT2D eigenvalue weighted by Crippen LogP contribution is -1.88. The molecule has 0 saturated carbocycles. The van der Waals surface area contributed by atoms with Gasteiger partial charge in [-0.3, -0.25) is 0 Å². The molecule has 0 aromatic carbocycles. The Bertz CT molecular complexity index is 320. The molecule has 0 bridgehead atoms. The molecule has 0 spiro atoms. The molecule has 26 heavy (non-hydrogen) atoms. The van der Waals surface area contributed by atoms with Crippen LogP contribution in [0.25, 0.3) is 0 Å². The van der Waals surface area contributed by atoms with Crippen LogP contribution in [0.5, 0.6) is 0 Å². The lowest BCUT2D eigenvalue weighted by atomic mass is 10.0. The molecule has 0 radical (unpaired) electrons. The van der Waals surface area contributed by atoms with E-state index in [1.807, 2.05) is 13.0 Å². The van der Waals surface area contributed by atoms with Gasteiger partial charge in [-0.05, 0) is 13.3 Å². The van der Waals surface area contributed by atoms with E-state index in [1.54, 1.807) is 6.26 Å². The molecule has 0 aromatic rings. The van der Waals surface area contributed by atoms with Crippen LogP contribution in [0.15, 0.2) is 12.3 Å². The number of ether oxygens (including phenoxy) is 1. The van der Waals surface area contributed by atoms with Gasteiger partial charge < -0.3 is 19.4 Å². The van der Waals surface area contributed by atoms with Gasteiger partial charge in [-0.15, -0.1) is 0 Å². The van der Waals surface area contributed by atoms with Crippen molar-refractivity contribution in [2.45, 2.75) is 110 Å². The van der Waals surface area contributed by atoms with Crippen LogP contribution < -0.4 is 0 Å². The summed E-state index contributed by atoms with van der Waals surface area (Å²) in [5, 5.41) is 0. The minimum atomic E-state index is -4.64. The Morgan fingerprint density at radius 2 is 1.00 bits per heavy atom. The van der Waals surface area contributed by atoms with Gasteiger partial charge in [0.25, 0.3) is 0 Å². The Balaban J connectivity index is 0. The first-order valence-corrected chi connectivity index (χ1v) is 12.0. The molecule has 0 fully saturated rings. The second kappa shape index (κ2) is 22.7. The Morgan fingerprint density at radius 3 is 1.31 bits per heavy atom. The predicted octanol–water partition coefficient (Wildman–Crippen LogP) is 6.48. The van der Waals surface area contributed by atoms with Crippen LogP contribution in [0.3, 0.4) is 0 Å². The van der Waals surface area contributed by atoms with Gasteiger partial charge in [0, 0.05) is 0 Å². The maximum absolute atomic E-state index is 8.88. The van der Waals surface area contributed by atoms with Gasteiger partial charge in [0.15, 0.2) is 0 Å². The average molecular weight is 395 g/mol. The van der Waals surface area contributed by atoms with E-state index < -0.39 is 7.82 Å². The number of unbranched alkanes of at least 4 members (excludes halogenated alkanes) is 14. The van der Waals surface area contributed by atoms with Crippen LogP contribution in [0.2, 0.25) is 0 Å². The van der Waals surface area contributed by atoms with Gasteiger partial charge in [-0.1, -0.05) is 103 Å². The molecule has 0 aromatic heterocycles. The first kappa shape index (κ1) is 27.9. The summed E-state index contributed by atoms with van der Waals surface area (Å²) < 4.78 is 14.2. The van der Waals surface area contributed by atoms with Gasteiger partial charge in [0.1, 0.15) is 0 Å². The van der Waals surface area contributed by atoms with Crippen molar-refractivity contribution in [1.82, 2.24) is 0 Å². The standard InChI is InChI=1S/C20H40O.H3O4P/c1-3-5-6-7-8-9-10-11-12-13-14-15-16-17-18-20-21-19-4-2;1-5(2,3)4/h4,19H,3,5-18,20H2,1-2H3;(H3,1,2,3,4). The van der Waals surface area contributed by atoms with Crippen molar-refractivity contribution in [3.8, 4) is 0 Å². The lowest BCUT2D eigenvalue weighted by molar-refractivity contribution is 0.240. The molecule has 5 nitrogen and oxygen atoms in total. The second-order valence-electron chi connectivity index (χ2n) is 6.80. The molecule has 0 saturated heterocycles. The first-order chi connectivity index (χ1) is 12.4. The molecule has 158 valence electrons. The number of hydrogen-bond acceptors (Lipinski definition) is 2. The third-order valence-electron chi connectivity index (χ3n) is 4.10. The second-order valence-corrected chi connectivity index (χ2v) is 7.83. The molecule has 0 aliphatic heterocycles. The van der Waals surface area contributed by atoms with Crippen molar-refractivity contribution < 1.29 is 24.0 Å². The van der Waals surface area contributed by atoms with Gasteiger partial charge in [0.05, 0.1) is 12.9 Å². The number of hydrogen-bond donors (Lipinski definition) is 3. The fraction of sp³-hybridized carbons (Fsp3) is 0.900. The van der Waals surface area contributed by atoms with Gasteiger partial charge >= 0.3 is 7.82 Å². The van der Waals surface area contributed by atoms with Crippen molar-refractivity contribution in [2.75, 3.05) is 6.61 Å². The summed E-state index contributed by atoms with van der Waals surface area (Å²) in [5.41, 5.74) is 0.